The average Bonchev–Trinajstić information content (AvgIpc) is 2.31. The van der Waals surface area contributed by atoms with Gasteiger partial charge in [0.05, 0.1) is 5.60 Å². The Kier molecular flexibility index (Phi) is 4.62. The minimum atomic E-state index is -0.797. The van der Waals surface area contributed by atoms with Crippen molar-refractivity contribution in [2.75, 3.05) is 0 Å². The van der Waals surface area contributed by atoms with Crippen molar-refractivity contribution in [3.05, 3.63) is 35.4 Å². The molecule has 0 aliphatic heterocycles. The van der Waals surface area contributed by atoms with Gasteiger partial charge < -0.3 is 4.43 Å². The van der Waals surface area contributed by atoms with Crippen molar-refractivity contribution >= 4 is 10.5 Å². The van der Waals surface area contributed by atoms with Crippen molar-refractivity contribution in [3.8, 4) is 0 Å². The predicted molar refractivity (Wildman–Crippen MR) is 64.4 cm³/mol. The quantitative estimate of drug-likeness (QED) is 0.723. The van der Waals surface area contributed by atoms with E-state index in [4.69, 9.17) is 4.43 Å². The van der Waals surface area contributed by atoms with E-state index in [1.165, 1.54) is 12.1 Å². The van der Waals surface area contributed by atoms with Crippen LogP contribution in [0.1, 0.15) is 32.3 Å². The molecule has 90 valence electrons. The normalized spacial score (nSPS) is 12.0. The highest BCUT2D eigenvalue weighted by molar-refractivity contribution is 5.98. The second-order valence-corrected chi connectivity index (χ2v) is 4.43. The molecule has 4 heteroatoms. The molecule has 0 spiro atoms. The summed E-state index contributed by atoms with van der Waals surface area (Å²) in [6.45, 7) is 4.11. The highest BCUT2D eigenvalue weighted by Gasteiger charge is 2.25. The van der Waals surface area contributed by atoms with Crippen LogP contribution < -0.4 is 0 Å². The molecule has 0 aromatic heterocycles. The van der Waals surface area contributed by atoms with Crippen molar-refractivity contribution in [2.24, 2.45) is 0 Å². The summed E-state index contributed by atoms with van der Waals surface area (Å²) in [5, 5.41) is 0. The largest absolute Gasteiger partial charge is 0.422 e. The fourth-order valence-electron chi connectivity index (χ4n) is 1.88. The highest BCUT2D eigenvalue weighted by Crippen LogP contribution is 2.25. The lowest BCUT2D eigenvalue weighted by atomic mass is 9.89. The fourth-order valence-corrected chi connectivity index (χ4v) is 2.60. The first kappa shape index (κ1) is 13.3. The van der Waals surface area contributed by atoms with Crippen LogP contribution >= 0.6 is 0 Å². The van der Waals surface area contributed by atoms with E-state index in [1.807, 2.05) is 0 Å². The summed E-state index contributed by atoms with van der Waals surface area (Å²) in [7, 11) is 0.655. The smallest absolute Gasteiger partial charge is 0.159 e. The van der Waals surface area contributed by atoms with Crippen molar-refractivity contribution in [1.29, 1.82) is 0 Å². The second kappa shape index (κ2) is 5.55. The molecule has 1 aromatic rings. The zero-order valence-electron chi connectivity index (χ0n) is 10.0. The van der Waals surface area contributed by atoms with E-state index in [0.717, 1.165) is 18.4 Å². The Labute approximate surface area is 98.4 Å². The Bertz CT molecular complexity index is 343. The molecule has 1 aromatic carbocycles. The van der Waals surface area contributed by atoms with Crippen LogP contribution in [0, 0.1) is 11.6 Å². The third kappa shape index (κ3) is 2.89. The molecular weight excluding hydrogens is 226 g/mol. The maximum Gasteiger partial charge on any atom is 0.159 e. The number of rotatable bonds is 5. The third-order valence-electron chi connectivity index (χ3n) is 3.23. The van der Waals surface area contributed by atoms with E-state index < -0.39 is 11.6 Å². The Morgan fingerprint density at radius 3 is 2.25 bits per heavy atom. The van der Waals surface area contributed by atoms with Gasteiger partial charge in [0.15, 0.2) is 11.6 Å². The first-order valence-electron chi connectivity index (χ1n) is 5.56. The van der Waals surface area contributed by atoms with E-state index in [0.29, 0.717) is 16.9 Å². The molecule has 1 nitrogen and oxygen atoms in total. The maximum absolute atomic E-state index is 13.1. The molecule has 0 N–H and O–H groups in total. The number of halogens is 2. The Morgan fingerprint density at radius 1 is 1.19 bits per heavy atom. The molecule has 1 rings (SSSR count). The summed E-state index contributed by atoms with van der Waals surface area (Å²) in [5.74, 6) is -1.58. The van der Waals surface area contributed by atoms with Crippen molar-refractivity contribution in [2.45, 2.75) is 38.7 Å². The Balaban J connectivity index is 2.89. The molecule has 0 fully saturated rings. The van der Waals surface area contributed by atoms with Gasteiger partial charge in [-0.2, -0.15) is 0 Å². The zero-order chi connectivity index (χ0) is 12.2. The molecule has 0 saturated carbocycles. The summed E-state index contributed by atoms with van der Waals surface area (Å²) in [6.07, 6.45) is 2.40. The lowest BCUT2D eigenvalue weighted by molar-refractivity contribution is 0.0712. The average molecular weight is 244 g/mol. The van der Waals surface area contributed by atoms with Crippen LogP contribution in [-0.2, 0) is 10.8 Å². The summed E-state index contributed by atoms with van der Waals surface area (Å²) in [6, 6.07) is 4.06. The summed E-state index contributed by atoms with van der Waals surface area (Å²) in [5.41, 5.74) is 0.578. The van der Waals surface area contributed by atoms with E-state index in [9.17, 15) is 8.78 Å². The maximum atomic E-state index is 13.1. The summed E-state index contributed by atoms with van der Waals surface area (Å²) < 4.78 is 31.5. The molecular formula is C12H18F2OSi. The van der Waals surface area contributed by atoms with Crippen molar-refractivity contribution in [1.82, 2.24) is 0 Å². The molecule has 0 heterocycles. The number of benzene rings is 1. The lowest BCUT2D eigenvalue weighted by Crippen LogP contribution is -2.33. The minimum Gasteiger partial charge on any atom is -0.422 e. The first-order valence-corrected chi connectivity index (χ1v) is 6.37. The lowest BCUT2D eigenvalue weighted by Gasteiger charge is -2.31. The molecule has 0 radical (unpaired) electrons. The van der Waals surface area contributed by atoms with E-state index in [-0.39, 0.29) is 5.60 Å². The van der Waals surface area contributed by atoms with Crippen LogP contribution in [0.4, 0.5) is 8.78 Å². The van der Waals surface area contributed by atoms with Gasteiger partial charge in [0.2, 0.25) is 0 Å². The molecule has 0 unspecified atom stereocenters. The van der Waals surface area contributed by atoms with Gasteiger partial charge in [0.25, 0.3) is 0 Å². The van der Waals surface area contributed by atoms with Crippen LogP contribution in [0.5, 0.6) is 0 Å². The van der Waals surface area contributed by atoms with E-state index in [2.05, 4.69) is 13.8 Å². The van der Waals surface area contributed by atoms with Crippen LogP contribution in [0.25, 0.3) is 0 Å². The summed E-state index contributed by atoms with van der Waals surface area (Å²) >= 11 is 0. The van der Waals surface area contributed by atoms with Crippen molar-refractivity contribution < 1.29 is 13.2 Å². The molecule has 0 bridgehead atoms. The van der Waals surface area contributed by atoms with Gasteiger partial charge in [0, 0.05) is 6.42 Å². The monoisotopic (exact) mass is 244 g/mol. The highest BCUT2D eigenvalue weighted by atomic mass is 28.2. The fraction of sp³-hybridized carbons (Fsp3) is 0.500. The molecule has 0 amide bonds. The topological polar surface area (TPSA) is 9.23 Å². The Hall–Kier alpha value is -0.743. The standard InChI is InChI=1S/C12H18F2OSi/c1-3-12(4-2,15-16)8-9-5-6-10(13)11(14)7-9/h5-7H,3-4,8H2,1-2,16H3. The zero-order valence-corrected chi connectivity index (χ0v) is 12.0. The van der Waals surface area contributed by atoms with Gasteiger partial charge in [-0.1, -0.05) is 19.9 Å². The Morgan fingerprint density at radius 2 is 1.81 bits per heavy atom. The summed E-state index contributed by atoms with van der Waals surface area (Å²) in [4.78, 5) is 0. The van der Waals surface area contributed by atoms with Crippen molar-refractivity contribution in [3.63, 3.8) is 0 Å². The first-order chi connectivity index (χ1) is 7.56. The second-order valence-electron chi connectivity index (χ2n) is 4.02. The van der Waals surface area contributed by atoms with E-state index >= 15 is 0 Å². The molecule has 0 aliphatic carbocycles. The SMILES string of the molecule is CCC(CC)(Cc1ccc(F)c(F)c1)O[SiH3]. The van der Waals surface area contributed by atoms with Gasteiger partial charge in [-0.25, -0.2) is 8.78 Å². The molecule has 16 heavy (non-hydrogen) atoms. The van der Waals surface area contributed by atoms with Crippen LogP contribution in [0.3, 0.4) is 0 Å². The van der Waals surface area contributed by atoms with E-state index in [1.54, 1.807) is 6.07 Å². The minimum absolute atomic E-state index is 0.212. The third-order valence-corrected chi connectivity index (χ3v) is 4.10. The molecule has 0 aliphatic rings. The van der Waals surface area contributed by atoms with Crippen LogP contribution in [0.15, 0.2) is 18.2 Å². The number of hydrogen-bond donors (Lipinski definition) is 0. The van der Waals surface area contributed by atoms with Crippen LogP contribution in [0.2, 0.25) is 0 Å². The predicted octanol–water partition coefficient (Wildman–Crippen LogP) is 2.36. The van der Waals surface area contributed by atoms with Gasteiger partial charge in [-0.05, 0) is 30.5 Å². The molecule has 0 atom stereocenters. The molecule has 0 saturated heterocycles. The van der Waals surface area contributed by atoms with Crippen LogP contribution in [-0.4, -0.2) is 16.1 Å². The van der Waals surface area contributed by atoms with Gasteiger partial charge >= 0.3 is 0 Å². The van der Waals surface area contributed by atoms with Gasteiger partial charge in [0.1, 0.15) is 10.5 Å². The number of hydrogen-bond acceptors (Lipinski definition) is 1. The van der Waals surface area contributed by atoms with Gasteiger partial charge in [-0.15, -0.1) is 0 Å². The van der Waals surface area contributed by atoms with Gasteiger partial charge in [-0.3, -0.25) is 0 Å².